The number of anilines is 1. The molecule has 0 saturated heterocycles. The maximum Gasteiger partial charge on any atom is 0.411 e. The Morgan fingerprint density at radius 2 is 2.12 bits per heavy atom. The Bertz CT molecular complexity index is 702. The van der Waals surface area contributed by atoms with E-state index in [1.54, 1.807) is 12.1 Å². The molecule has 0 aromatic heterocycles. The molecule has 0 spiro atoms. The van der Waals surface area contributed by atoms with E-state index >= 15 is 0 Å². The molecule has 0 radical (unpaired) electrons. The van der Waals surface area contributed by atoms with Gasteiger partial charge in [-0.2, -0.15) is 0 Å². The third-order valence-corrected chi connectivity index (χ3v) is 6.28. The number of aromatic hydroxyl groups is 1. The molecule has 1 aliphatic heterocycles. The number of carbonyl (C=O) groups is 2. The van der Waals surface area contributed by atoms with Crippen LogP contribution in [0.1, 0.15) is 5.56 Å². The number of ether oxygens (including phenoxy) is 1. The first-order chi connectivity index (χ1) is 11.7. The van der Waals surface area contributed by atoms with Gasteiger partial charge in [0.2, 0.25) is 0 Å². The lowest BCUT2D eigenvalue weighted by Crippen LogP contribution is -2.24. The van der Waals surface area contributed by atoms with Gasteiger partial charge in [0.25, 0.3) is 0 Å². The summed E-state index contributed by atoms with van der Waals surface area (Å²) in [4.78, 5) is 27.0. The zero-order chi connectivity index (χ0) is 18.6. The van der Waals surface area contributed by atoms with Gasteiger partial charge >= 0.3 is 12.1 Å². The molecule has 1 atom stereocenters. The van der Waals surface area contributed by atoms with E-state index in [0.29, 0.717) is 28.7 Å². The average Bonchev–Trinajstić information content (AvgIpc) is 2.97. The second-order valence-electron chi connectivity index (χ2n) is 6.90. The van der Waals surface area contributed by atoms with Crippen molar-refractivity contribution in [3.05, 3.63) is 23.8 Å². The first-order valence-corrected chi connectivity index (χ1v) is 12.6. The number of nitrogens with one attached hydrogen (secondary N) is 1. The summed E-state index contributed by atoms with van der Waals surface area (Å²) in [7, 11) is -1.27. The Labute approximate surface area is 151 Å². The van der Waals surface area contributed by atoms with Gasteiger partial charge in [-0.3, -0.25) is 10.3 Å². The molecule has 1 aromatic rings. The number of carboxylic acids is 1. The molecular formula is C16H22N2O5SSi. The fourth-order valence-electron chi connectivity index (χ4n) is 2.04. The summed E-state index contributed by atoms with van der Waals surface area (Å²) in [6.07, 6.45) is -0.556. The molecule has 1 amide bonds. The normalized spacial score (nSPS) is 17.1. The number of amides is 1. The quantitative estimate of drug-likeness (QED) is 0.515. The summed E-state index contributed by atoms with van der Waals surface area (Å²) in [5, 5.41) is 22.1. The fourth-order valence-corrected chi connectivity index (χ4v) is 3.80. The molecule has 2 rings (SSSR count). The highest BCUT2D eigenvalue weighted by molar-refractivity contribution is 8.14. The van der Waals surface area contributed by atoms with Crippen LogP contribution in [0, 0.1) is 0 Å². The first-order valence-electron chi connectivity index (χ1n) is 7.86. The number of benzene rings is 1. The third-order valence-electron chi connectivity index (χ3n) is 3.49. The lowest BCUT2D eigenvalue weighted by atomic mass is 10.2. The van der Waals surface area contributed by atoms with Gasteiger partial charge in [0.15, 0.2) is 6.04 Å². The SMILES string of the molecule is C[Si](C)(C)CCOC(=O)Nc1ccc(O)c(C2=NC(C(=O)O)CS2)c1. The second-order valence-corrected chi connectivity index (χ2v) is 13.5. The van der Waals surface area contributed by atoms with Gasteiger partial charge in [0.1, 0.15) is 10.8 Å². The van der Waals surface area contributed by atoms with E-state index in [9.17, 15) is 14.7 Å². The minimum Gasteiger partial charge on any atom is -0.507 e. The molecule has 1 aromatic carbocycles. The smallest absolute Gasteiger partial charge is 0.411 e. The van der Waals surface area contributed by atoms with Gasteiger partial charge in [0, 0.05) is 19.5 Å². The molecule has 0 aliphatic carbocycles. The van der Waals surface area contributed by atoms with Crippen LogP contribution in [0.25, 0.3) is 0 Å². The number of nitrogens with zero attached hydrogens (tertiary/aromatic N) is 1. The number of hydrogen-bond donors (Lipinski definition) is 3. The van der Waals surface area contributed by atoms with E-state index in [4.69, 9.17) is 9.84 Å². The summed E-state index contributed by atoms with van der Waals surface area (Å²) < 4.78 is 5.18. The van der Waals surface area contributed by atoms with Gasteiger partial charge in [-0.05, 0) is 24.2 Å². The highest BCUT2D eigenvalue weighted by Crippen LogP contribution is 2.30. The molecule has 1 unspecified atom stereocenters. The van der Waals surface area contributed by atoms with E-state index < -0.39 is 26.2 Å². The van der Waals surface area contributed by atoms with Crippen molar-refractivity contribution < 1.29 is 24.5 Å². The van der Waals surface area contributed by atoms with Gasteiger partial charge < -0.3 is 14.9 Å². The van der Waals surface area contributed by atoms with Crippen molar-refractivity contribution in [2.45, 2.75) is 31.7 Å². The van der Waals surface area contributed by atoms with Gasteiger partial charge in [-0.25, -0.2) is 9.59 Å². The van der Waals surface area contributed by atoms with Crippen molar-refractivity contribution in [2.24, 2.45) is 4.99 Å². The molecule has 9 heteroatoms. The predicted octanol–water partition coefficient (Wildman–Crippen LogP) is 3.23. The molecule has 1 heterocycles. The van der Waals surface area contributed by atoms with Crippen LogP contribution in [0.2, 0.25) is 25.7 Å². The highest BCUT2D eigenvalue weighted by atomic mass is 32.2. The molecule has 1 aliphatic rings. The van der Waals surface area contributed by atoms with Crippen molar-refractivity contribution in [3.63, 3.8) is 0 Å². The largest absolute Gasteiger partial charge is 0.507 e. The summed E-state index contributed by atoms with van der Waals surface area (Å²) in [5.74, 6) is -0.697. The van der Waals surface area contributed by atoms with E-state index in [-0.39, 0.29) is 5.75 Å². The minimum atomic E-state index is -1.27. The summed E-state index contributed by atoms with van der Waals surface area (Å²) in [6, 6.07) is 4.61. The number of phenolic OH excluding ortho intramolecular Hbond substituents is 1. The van der Waals surface area contributed by atoms with Crippen LogP contribution in [-0.4, -0.2) is 53.8 Å². The summed E-state index contributed by atoms with van der Waals surface area (Å²) in [6.45, 7) is 6.97. The fraction of sp³-hybridized carbons (Fsp3) is 0.438. The van der Waals surface area contributed by atoms with E-state index in [1.807, 2.05) is 0 Å². The standard InChI is InChI=1S/C16H22N2O5SSi/c1-25(2,3)7-6-23-16(22)17-10-4-5-13(19)11(8-10)14-18-12(9-24-14)15(20)21/h4-5,8,12,19H,6-7,9H2,1-3H3,(H,17,22)(H,20,21). The monoisotopic (exact) mass is 382 g/mol. The number of hydrogen-bond acceptors (Lipinski definition) is 6. The molecule has 0 fully saturated rings. The molecule has 0 bridgehead atoms. The lowest BCUT2D eigenvalue weighted by Gasteiger charge is -2.15. The van der Waals surface area contributed by atoms with Crippen LogP contribution in [0.15, 0.2) is 23.2 Å². The van der Waals surface area contributed by atoms with Crippen molar-refractivity contribution >= 4 is 42.6 Å². The molecule has 3 N–H and O–H groups in total. The van der Waals surface area contributed by atoms with Crippen molar-refractivity contribution in [1.29, 1.82) is 0 Å². The number of rotatable bonds is 6. The Hall–Kier alpha value is -2.00. The number of carboxylic acid groups (broad SMARTS) is 1. The maximum absolute atomic E-state index is 11.9. The van der Waals surface area contributed by atoms with Gasteiger partial charge in [-0.15, -0.1) is 11.8 Å². The first kappa shape index (κ1) is 19.3. The van der Waals surface area contributed by atoms with Crippen LogP contribution in [0.3, 0.4) is 0 Å². The Morgan fingerprint density at radius 3 is 2.72 bits per heavy atom. The average molecular weight is 383 g/mol. The third kappa shape index (κ3) is 5.78. The molecule has 25 heavy (non-hydrogen) atoms. The van der Waals surface area contributed by atoms with Gasteiger partial charge in [-0.1, -0.05) is 19.6 Å². The second kappa shape index (κ2) is 7.92. The molecule has 136 valence electrons. The Kier molecular flexibility index (Phi) is 6.12. The van der Waals surface area contributed by atoms with Gasteiger partial charge in [0.05, 0.1) is 12.2 Å². The minimum absolute atomic E-state index is 0.0186. The van der Waals surface area contributed by atoms with Crippen LogP contribution in [0.5, 0.6) is 5.75 Å². The number of aliphatic carboxylic acids is 1. The summed E-state index contributed by atoms with van der Waals surface area (Å²) in [5.41, 5.74) is 0.849. The van der Waals surface area contributed by atoms with Crippen molar-refractivity contribution in [3.8, 4) is 5.75 Å². The topological polar surface area (TPSA) is 108 Å². The predicted molar refractivity (Wildman–Crippen MR) is 102 cm³/mol. The van der Waals surface area contributed by atoms with Crippen molar-refractivity contribution in [1.82, 2.24) is 0 Å². The zero-order valence-electron chi connectivity index (χ0n) is 14.4. The molecule has 7 nitrogen and oxygen atoms in total. The van der Waals surface area contributed by atoms with E-state index in [1.165, 1.54) is 17.8 Å². The maximum atomic E-state index is 11.9. The summed E-state index contributed by atoms with van der Waals surface area (Å²) >= 11 is 1.26. The Morgan fingerprint density at radius 1 is 1.40 bits per heavy atom. The molecule has 0 saturated carbocycles. The highest BCUT2D eigenvalue weighted by Gasteiger charge is 2.26. The molecular weight excluding hydrogens is 360 g/mol. The number of thioether (sulfide) groups is 1. The van der Waals surface area contributed by atoms with Crippen LogP contribution in [0.4, 0.5) is 10.5 Å². The van der Waals surface area contributed by atoms with Crippen LogP contribution in [-0.2, 0) is 9.53 Å². The number of phenols is 1. The Balaban J connectivity index is 2.03. The number of aliphatic imine (C=N–C) groups is 1. The van der Waals surface area contributed by atoms with E-state index in [2.05, 4.69) is 30.0 Å². The van der Waals surface area contributed by atoms with E-state index in [0.717, 1.165) is 6.04 Å². The zero-order valence-corrected chi connectivity index (χ0v) is 16.2. The lowest BCUT2D eigenvalue weighted by molar-refractivity contribution is -0.137. The van der Waals surface area contributed by atoms with Crippen molar-refractivity contribution in [2.75, 3.05) is 17.7 Å². The van der Waals surface area contributed by atoms with Crippen LogP contribution < -0.4 is 5.32 Å². The number of carbonyl (C=O) groups excluding carboxylic acids is 1. The van der Waals surface area contributed by atoms with Crippen LogP contribution >= 0.6 is 11.8 Å².